The fourth-order valence-corrected chi connectivity index (χ4v) is 5.83. The largest absolute Gasteiger partial charge is 0.292 e. The van der Waals surface area contributed by atoms with E-state index < -0.39 is 11.5 Å². The molecule has 1 heterocycles. The molecule has 0 saturated heterocycles. The molecule has 0 amide bonds. The Kier molecular flexibility index (Phi) is 5.64. The molecule has 38 heavy (non-hydrogen) atoms. The van der Waals surface area contributed by atoms with Gasteiger partial charge in [-0.1, -0.05) is 118 Å². The van der Waals surface area contributed by atoms with Gasteiger partial charge in [-0.15, -0.1) is 0 Å². The normalized spacial score (nSPS) is 18.1. The van der Waals surface area contributed by atoms with Crippen LogP contribution in [0.25, 0.3) is 0 Å². The molecule has 4 nitrogen and oxygen atoms in total. The summed E-state index contributed by atoms with van der Waals surface area (Å²) in [5.41, 5.74) is 4.02. The molecule has 1 unspecified atom stereocenters. The van der Waals surface area contributed by atoms with Crippen molar-refractivity contribution in [1.29, 1.82) is 0 Å². The summed E-state index contributed by atoms with van der Waals surface area (Å²) in [5.74, 6) is -0.341. The van der Waals surface area contributed by atoms with Gasteiger partial charge in [0, 0.05) is 17.5 Å². The van der Waals surface area contributed by atoms with Crippen LogP contribution in [0.15, 0.2) is 114 Å². The van der Waals surface area contributed by atoms with Gasteiger partial charge in [-0.3, -0.25) is 14.6 Å². The number of rotatable bonds is 4. The Balaban J connectivity index is 1.59. The lowest BCUT2D eigenvalue weighted by Crippen LogP contribution is -2.47. The number of fused-ring (bicyclic) bond motifs is 1. The standard InChI is InChI=1S/C34H30N2O2/c1-33(2,3)25-20-18-24(19-21-25)30-34(31(37)27-16-10-11-17-28(27)32(34)38)29(22-23-12-6-4-7-13-23)35-36(30)26-14-8-5-9-15-26/h4-21,30H,22H2,1-3H3. The van der Waals surface area contributed by atoms with Crippen molar-refractivity contribution in [1.82, 2.24) is 0 Å². The molecule has 0 fully saturated rings. The molecule has 0 radical (unpaired) electrons. The molecule has 188 valence electrons. The first kappa shape index (κ1) is 24.1. The Morgan fingerprint density at radius 3 is 1.79 bits per heavy atom. The summed E-state index contributed by atoms with van der Waals surface area (Å²) in [6.07, 6.45) is 0.409. The number of hydrogen-bond acceptors (Lipinski definition) is 4. The van der Waals surface area contributed by atoms with Crippen LogP contribution in [0.2, 0.25) is 0 Å². The van der Waals surface area contributed by atoms with E-state index in [0.717, 1.165) is 16.8 Å². The maximum absolute atomic E-state index is 14.5. The van der Waals surface area contributed by atoms with Gasteiger partial charge >= 0.3 is 0 Å². The number of hydrazone groups is 1. The highest BCUT2D eigenvalue weighted by atomic mass is 16.2. The van der Waals surface area contributed by atoms with Gasteiger partial charge in [0.05, 0.1) is 11.4 Å². The first-order valence-electron chi connectivity index (χ1n) is 13.1. The van der Waals surface area contributed by atoms with E-state index >= 15 is 0 Å². The summed E-state index contributed by atoms with van der Waals surface area (Å²) in [6.45, 7) is 6.53. The monoisotopic (exact) mass is 498 g/mol. The van der Waals surface area contributed by atoms with Crippen LogP contribution in [0.1, 0.15) is 64.2 Å². The minimum absolute atomic E-state index is 0.0186. The molecule has 1 atom stereocenters. The zero-order chi connectivity index (χ0) is 26.5. The van der Waals surface area contributed by atoms with Gasteiger partial charge < -0.3 is 0 Å². The summed E-state index contributed by atoms with van der Waals surface area (Å²) in [6, 6.07) is 34.7. The molecule has 4 aromatic carbocycles. The number of carbonyl (C=O) groups is 2. The SMILES string of the molecule is CC(C)(C)c1ccc(C2N(c3ccccc3)N=C(Cc3ccccc3)C23C(=O)c2ccccc2C3=O)cc1. The Morgan fingerprint density at radius 2 is 1.24 bits per heavy atom. The smallest absolute Gasteiger partial charge is 0.185 e. The first-order valence-corrected chi connectivity index (χ1v) is 13.1. The van der Waals surface area contributed by atoms with Crippen LogP contribution < -0.4 is 5.01 Å². The van der Waals surface area contributed by atoms with Crippen molar-refractivity contribution >= 4 is 23.0 Å². The third-order valence-electron chi connectivity index (χ3n) is 7.80. The predicted octanol–water partition coefficient (Wildman–Crippen LogP) is 7.21. The van der Waals surface area contributed by atoms with Gasteiger partial charge in [-0.2, -0.15) is 5.10 Å². The van der Waals surface area contributed by atoms with E-state index in [0.29, 0.717) is 23.3 Å². The second-order valence-corrected chi connectivity index (χ2v) is 11.2. The topological polar surface area (TPSA) is 49.7 Å². The number of anilines is 1. The molecular weight excluding hydrogens is 468 g/mol. The minimum Gasteiger partial charge on any atom is -0.292 e. The van der Waals surface area contributed by atoms with Crippen molar-refractivity contribution in [2.24, 2.45) is 10.5 Å². The number of benzene rings is 4. The molecule has 0 N–H and O–H groups in total. The first-order chi connectivity index (χ1) is 18.3. The lowest BCUT2D eigenvalue weighted by molar-refractivity contribution is 0.0758. The highest BCUT2D eigenvalue weighted by Crippen LogP contribution is 2.55. The Bertz CT molecular complexity index is 1510. The fraction of sp³-hybridized carbons (Fsp3) is 0.206. The number of ketones is 2. The van der Waals surface area contributed by atoms with Gasteiger partial charge in [0.2, 0.25) is 0 Å². The second-order valence-electron chi connectivity index (χ2n) is 11.2. The Hall–Kier alpha value is -4.31. The molecule has 0 bridgehead atoms. The van der Waals surface area contributed by atoms with Crippen LogP contribution >= 0.6 is 0 Å². The van der Waals surface area contributed by atoms with Crippen molar-refractivity contribution < 1.29 is 9.59 Å². The highest BCUT2D eigenvalue weighted by molar-refractivity contribution is 6.41. The van der Waals surface area contributed by atoms with E-state index in [1.165, 1.54) is 5.56 Å². The van der Waals surface area contributed by atoms with Crippen LogP contribution in [0, 0.1) is 5.41 Å². The lowest BCUT2D eigenvalue weighted by Gasteiger charge is -2.34. The van der Waals surface area contributed by atoms with Crippen molar-refractivity contribution in [2.45, 2.75) is 38.6 Å². The fourth-order valence-electron chi connectivity index (χ4n) is 5.83. The Labute approximate surface area is 223 Å². The zero-order valence-corrected chi connectivity index (χ0v) is 21.9. The molecule has 1 aliphatic heterocycles. The van der Waals surface area contributed by atoms with Crippen LogP contribution in [-0.2, 0) is 11.8 Å². The summed E-state index contributed by atoms with van der Waals surface area (Å²) in [5, 5.41) is 7.00. The molecule has 6 rings (SSSR count). The molecule has 1 aliphatic carbocycles. The quantitative estimate of drug-likeness (QED) is 0.279. The van der Waals surface area contributed by atoms with E-state index in [1.807, 2.05) is 77.8 Å². The molecule has 1 spiro atoms. The number of carbonyl (C=O) groups excluding carboxylic acids is 2. The molecule has 4 heteroatoms. The minimum atomic E-state index is -1.45. The van der Waals surface area contributed by atoms with Gasteiger partial charge in [0.25, 0.3) is 0 Å². The number of Topliss-reactive ketones (excluding diaryl/α,β-unsaturated/α-hetero) is 2. The summed E-state index contributed by atoms with van der Waals surface area (Å²) in [4.78, 5) is 29.0. The van der Waals surface area contributed by atoms with Crippen molar-refractivity contribution in [3.8, 4) is 0 Å². The van der Waals surface area contributed by atoms with E-state index in [2.05, 4.69) is 45.0 Å². The molecule has 4 aromatic rings. The maximum Gasteiger partial charge on any atom is 0.185 e. The molecule has 0 aromatic heterocycles. The number of para-hydroxylation sites is 1. The van der Waals surface area contributed by atoms with Crippen LogP contribution in [-0.4, -0.2) is 17.3 Å². The molecule has 0 saturated carbocycles. The summed E-state index contributed by atoms with van der Waals surface area (Å²) >= 11 is 0. The maximum atomic E-state index is 14.5. The van der Waals surface area contributed by atoms with E-state index in [1.54, 1.807) is 12.1 Å². The van der Waals surface area contributed by atoms with Gasteiger partial charge in [0.1, 0.15) is 6.04 Å². The zero-order valence-electron chi connectivity index (χ0n) is 21.9. The van der Waals surface area contributed by atoms with E-state index in [-0.39, 0.29) is 17.0 Å². The van der Waals surface area contributed by atoms with E-state index in [9.17, 15) is 9.59 Å². The van der Waals surface area contributed by atoms with Crippen LogP contribution in [0.5, 0.6) is 0 Å². The van der Waals surface area contributed by atoms with Gasteiger partial charge in [0.15, 0.2) is 17.0 Å². The third kappa shape index (κ3) is 3.63. The third-order valence-corrected chi connectivity index (χ3v) is 7.80. The average Bonchev–Trinajstić information content (AvgIpc) is 3.38. The number of hydrogen-bond donors (Lipinski definition) is 0. The van der Waals surface area contributed by atoms with Crippen LogP contribution in [0.4, 0.5) is 5.69 Å². The molecule has 2 aliphatic rings. The average molecular weight is 499 g/mol. The number of nitrogens with zero attached hydrogens (tertiary/aromatic N) is 2. The summed E-state index contributed by atoms with van der Waals surface area (Å²) < 4.78 is 0. The predicted molar refractivity (Wildman–Crippen MR) is 152 cm³/mol. The van der Waals surface area contributed by atoms with Gasteiger partial charge in [-0.05, 0) is 34.2 Å². The van der Waals surface area contributed by atoms with Crippen molar-refractivity contribution in [3.63, 3.8) is 0 Å². The van der Waals surface area contributed by atoms with Crippen molar-refractivity contribution in [3.05, 3.63) is 137 Å². The summed E-state index contributed by atoms with van der Waals surface area (Å²) in [7, 11) is 0. The van der Waals surface area contributed by atoms with Crippen molar-refractivity contribution in [2.75, 3.05) is 5.01 Å². The second kappa shape index (κ2) is 8.91. The van der Waals surface area contributed by atoms with Crippen LogP contribution in [0.3, 0.4) is 0 Å². The highest BCUT2D eigenvalue weighted by Gasteiger charge is 2.65. The molecular formula is C34H30N2O2. The Morgan fingerprint density at radius 1 is 0.711 bits per heavy atom. The van der Waals surface area contributed by atoms with Gasteiger partial charge in [-0.25, -0.2) is 0 Å². The van der Waals surface area contributed by atoms with E-state index in [4.69, 9.17) is 5.10 Å². The lowest BCUT2D eigenvalue weighted by atomic mass is 9.68.